The molecule has 0 heterocycles. The number of benzene rings is 3. The van der Waals surface area contributed by atoms with Gasteiger partial charge < -0.3 is 14.8 Å². The first kappa shape index (κ1) is 22.3. The monoisotopic (exact) mass is 479 g/mol. The standard InChI is InChI=1S/C25H22BrNO4/c1-16-4-5-17(2)22(14-16)27-25(29)18-6-10-21(11-7-18)31-24(28)13-8-19-15-20(26)9-12-23(19)30-3/h4-15H,1-3H3,(H,27,29)/b13-8+. The van der Waals surface area contributed by atoms with Crippen molar-refractivity contribution in [3.05, 3.63) is 93.5 Å². The van der Waals surface area contributed by atoms with E-state index >= 15 is 0 Å². The molecule has 0 aliphatic carbocycles. The van der Waals surface area contributed by atoms with Crippen molar-refractivity contribution in [3.63, 3.8) is 0 Å². The third-order valence-electron chi connectivity index (χ3n) is 4.57. The molecule has 1 N–H and O–H groups in total. The van der Waals surface area contributed by atoms with Crippen LogP contribution in [0.15, 0.2) is 71.2 Å². The molecule has 0 aliphatic heterocycles. The van der Waals surface area contributed by atoms with E-state index in [4.69, 9.17) is 9.47 Å². The summed E-state index contributed by atoms with van der Waals surface area (Å²) >= 11 is 3.39. The van der Waals surface area contributed by atoms with Crippen LogP contribution < -0.4 is 14.8 Å². The van der Waals surface area contributed by atoms with Crippen LogP contribution in [0.2, 0.25) is 0 Å². The molecular weight excluding hydrogens is 458 g/mol. The molecule has 3 aromatic rings. The van der Waals surface area contributed by atoms with Crippen LogP contribution in [0.5, 0.6) is 11.5 Å². The van der Waals surface area contributed by atoms with Gasteiger partial charge in [-0.2, -0.15) is 0 Å². The Morgan fingerprint density at radius 1 is 0.968 bits per heavy atom. The van der Waals surface area contributed by atoms with E-state index in [-0.39, 0.29) is 5.91 Å². The zero-order valence-electron chi connectivity index (χ0n) is 17.4. The highest BCUT2D eigenvalue weighted by atomic mass is 79.9. The molecule has 0 fully saturated rings. The summed E-state index contributed by atoms with van der Waals surface area (Å²) in [6, 6.07) is 17.8. The van der Waals surface area contributed by atoms with Crippen molar-refractivity contribution in [2.75, 3.05) is 12.4 Å². The van der Waals surface area contributed by atoms with Crippen LogP contribution in [0.25, 0.3) is 6.08 Å². The van der Waals surface area contributed by atoms with Gasteiger partial charge in [0.2, 0.25) is 0 Å². The maximum atomic E-state index is 12.5. The molecule has 0 saturated heterocycles. The zero-order valence-corrected chi connectivity index (χ0v) is 19.0. The summed E-state index contributed by atoms with van der Waals surface area (Å²) in [5.41, 5.74) is 4.03. The lowest BCUT2D eigenvalue weighted by Gasteiger charge is -2.10. The number of esters is 1. The first-order chi connectivity index (χ1) is 14.9. The number of nitrogens with one attached hydrogen (secondary N) is 1. The van der Waals surface area contributed by atoms with Gasteiger partial charge in [0.1, 0.15) is 11.5 Å². The number of aryl methyl sites for hydroxylation is 2. The molecule has 1 amide bonds. The van der Waals surface area contributed by atoms with Crippen LogP contribution in [-0.4, -0.2) is 19.0 Å². The quantitative estimate of drug-likeness (QED) is 0.269. The summed E-state index contributed by atoms with van der Waals surface area (Å²) in [6.45, 7) is 3.91. The summed E-state index contributed by atoms with van der Waals surface area (Å²) in [5.74, 6) is 0.230. The molecule has 158 valence electrons. The largest absolute Gasteiger partial charge is 0.496 e. The van der Waals surface area contributed by atoms with Gasteiger partial charge in [0.05, 0.1) is 7.11 Å². The summed E-state index contributed by atoms with van der Waals surface area (Å²) in [4.78, 5) is 24.7. The number of anilines is 1. The molecule has 0 bridgehead atoms. The number of hydrogen-bond acceptors (Lipinski definition) is 4. The number of carbonyl (C=O) groups excluding carboxylic acids is 2. The van der Waals surface area contributed by atoms with Crippen molar-refractivity contribution in [1.82, 2.24) is 0 Å². The SMILES string of the molecule is COc1ccc(Br)cc1/C=C/C(=O)Oc1ccc(C(=O)Nc2cc(C)ccc2C)cc1. The van der Waals surface area contributed by atoms with Gasteiger partial charge >= 0.3 is 5.97 Å². The molecule has 0 unspecified atom stereocenters. The van der Waals surface area contributed by atoms with Gasteiger partial charge in [0.25, 0.3) is 5.91 Å². The molecule has 6 heteroatoms. The van der Waals surface area contributed by atoms with E-state index in [1.54, 1.807) is 43.5 Å². The fourth-order valence-corrected chi connectivity index (χ4v) is 3.26. The molecule has 0 aliphatic rings. The highest BCUT2D eigenvalue weighted by Gasteiger charge is 2.09. The fourth-order valence-electron chi connectivity index (χ4n) is 2.88. The number of amides is 1. The minimum absolute atomic E-state index is 0.228. The van der Waals surface area contributed by atoms with Crippen molar-refractivity contribution in [2.24, 2.45) is 0 Å². The van der Waals surface area contributed by atoms with Gasteiger partial charge in [0.15, 0.2) is 0 Å². The van der Waals surface area contributed by atoms with Crippen molar-refractivity contribution in [2.45, 2.75) is 13.8 Å². The highest BCUT2D eigenvalue weighted by Crippen LogP contribution is 2.24. The molecule has 3 aromatic carbocycles. The summed E-state index contributed by atoms with van der Waals surface area (Å²) < 4.78 is 11.5. The molecule has 31 heavy (non-hydrogen) atoms. The normalized spacial score (nSPS) is 10.7. The first-order valence-corrected chi connectivity index (χ1v) is 10.4. The summed E-state index contributed by atoms with van der Waals surface area (Å²) in [7, 11) is 1.57. The lowest BCUT2D eigenvalue weighted by Crippen LogP contribution is -2.13. The highest BCUT2D eigenvalue weighted by molar-refractivity contribution is 9.10. The third kappa shape index (κ3) is 6.06. The average Bonchev–Trinajstić information content (AvgIpc) is 2.75. The van der Waals surface area contributed by atoms with Crippen LogP contribution in [0.4, 0.5) is 5.69 Å². The first-order valence-electron chi connectivity index (χ1n) is 9.58. The number of carbonyl (C=O) groups is 2. The zero-order chi connectivity index (χ0) is 22.4. The Morgan fingerprint density at radius 2 is 1.71 bits per heavy atom. The Hall–Kier alpha value is -3.38. The van der Waals surface area contributed by atoms with Crippen LogP contribution in [-0.2, 0) is 4.79 Å². The molecule has 0 radical (unpaired) electrons. The second-order valence-corrected chi connectivity index (χ2v) is 7.85. The third-order valence-corrected chi connectivity index (χ3v) is 5.06. The van der Waals surface area contributed by atoms with E-state index in [0.717, 1.165) is 26.9 Å². The van der Waals surface area contributed by atoms with Gasteiger partial charge in [-0.05, 0) is 79.6 Å². The molecular formula is C25H22BrNO4. The van der Waals surface area contributed by atoms with E-state index in [2.05, 4.69) is 21.2 Å². The maximum Gasteiger partial charge on any atom is 0.336 e. The molecule has 5 nitrogen and oxygen atoms in total. The van der Waals surface area contributed by atoms with E-state index in [1.165, 1.54) is 6.08 Å². The lowest BCUT2D eigenvalue weighted by atomic mass is 10.1. The van der Waals surface area contributed by atoms with Crippen molar-refractivity contribution < 1.29 is 19.1 Å². The Morgan fingerprint density at radius 3 is 2.42 bits per heavy atom. The average molecular weight is 480 g/mol. The van der Waals surface area contributed by atoms with Gasteiger partial charge in [0, 0.05) is 27.4 Å². The van der Waals surface area contributed by atoms with Gasteiger partial charge in [-0.15, -0.1) is 0 Å². The summed E-state index contributed by atoms with van der Waals surface area (Å²) in [6.07, 6.45) is 2.95. The number of ether oxygens (including phenoxy) is 2. The number of rotatable bonds is 6. The molecule has 0 aromatic heterocycles. The summed E-state index contributed by atoms with van der Waals surface area (Å²) in [5, 5.41) is 2.91. The lowest BCUT2D eigenvalue weighted by molar-refractivity contribution is -0.128. The predicted octanol–water partition coefficient (Wildman–Crippen LogP) is 5.95. The number of methoxy groups -OCH3 is 1. The van der Waals surface area contributed by atoms with Crippen LogP contribution in [0.1, 0.15) is 27.0 Å². The van der Waals surface area contributed by atoms with Crippen LogP contribution in [0, 0.1) is 13.8 Å². The molecule has 0 spiro atoms. The molecule has 0 atom stereocenters. The van der Waals surface area contributed by atoms with Crippen molar-refractivity contribution in [1.29, 1.82) is 0 Å². The molecule has 0 saturated carbocycles. The second kappa shape index (κ2) is 10.1. The van der Waals surface area contributed by atoms with Gasteiger partial charge in [-0.25, -0.2) is 4.79 Å². The predicted molar refractivity (Wildman–Crippen MR) is 126 cm³/mol. The van der Waals surface area contributed by atoms with E-state index < -0.39 is 5.97 Å². The van der Waals surface area contributed by atoms with Crippen molar-refractivity contribution >= 4 is 39.6 Å². The minimum Gasteiger partial charge on any atom is -0.496 e. The van der Waals surface area contributed by atoms with Crippen LogP contribution >= 0.6 is 15.9 Å². The van der Waals surface area contributed by atoms with E-state index in [9.17, 15) is 9.59 Å². The van der Waals surface area contributed by atoms with Gasteiger partial charge in [-0.3, -0.25) is 4.79 Å². The smallest absolute Gasteiger partial charge is 0.336 e. The topological polar surface area (TPSA) is 64.6 Å². The number of halogens is 1. The van der Waals surface area contributed by atoms with Gasteiger partial charge in [-0.1, -0.05) is 28.1 Å². The van der Waals surface area contributed by atoms with Crippen LogP contribution in [0.3, 0.4) is 0 Å². The number of hydrogen-bond donors (Lipinski definition) is 1. The Labute approximate surface area is 189 Å². The maximum absolute atomic E-state index is 12.5. The van der Waals surface area contributed by atoms with Crippen molar-refractivity contribution in [3.8, 4) is 11.5 Å². The Kier molecular flexibility index (Phi) is 7.26. The second-order valence-electron chi connectivity index (χ2n) is 6.94. The fraction of sp³-hybridized carbons (Fsp3) is 0.120. The minimum atomic E-state index is -0.533. The Bertz CT molecular complexity index is 1140. The van der Waals surface area contributed by atoms with E-state index in [1.807, 2.05) is 44.2 Å². The van der Waals surface area contributed by atoms with E-state index in [0.29, 0.717) is 17.1 Å². The molecule has 3 rings (SSSR count). The Balaban J connectivity index is 1.63.